The Labute approximate surface area is 111 Å². The lowest BCUT2D eigenvalue weighted by atomic mass is 9.95. The van der Waals surface area contributed by atoms with Gasteiger partial charge in [0.1, 0.15) is 0 Å². The van der Waals surface area contributed by atoms with Gasteiger partial charge in [0.05, 0.1) is 18.4 Å². The fourth-order valence-electron chi connectivity index (χ4n) is 2.55. The summed E-state index contributed by atoms with van der Waals surface area (Å²) in [6, 6.07) is 6.90. The van der Waals surface area contributed by atoms with E-state index in [9.17, 15) is 9.59 Å². The Bertz CT molecular complexity index is 486. The van der Waals surface area contributed by atoms with E-state index in [1.165, 1.54) is 0 Å². The van der Waals surface area contributed by atoms with Crippen molar-refractivity contribution in [2.45, 2.75) is 25.9 Å². The van der Waals surface area contributed by atoms with Crippen molar-refractivity contribution in [3.8, 4) is 0 Å². The van der Waals surface area contributed by atoms with Crippen LogP contribution in [0.3, 0.4) is 0 Å². The van der Waals surface area contributed by atoms with E-state index in [0.29, 0.717) is 24.1 Å². The van der Waals surface area contributed by atoms with E-state index in [0.717, 1.165) is 6.42 Å². The zero-order valence-electron chi connectivity index (χ0n) is 10.5. The summed E-state index contributed by atoms with van der Waals surface area (Å²) in [5.41, 5.74) is 1.30. The topological polar surface area (TPSA) is 86.6 Å². The van der Waals surface area contributed by atoms with Crippen LogP contribution in [-0.4, -0.2) is 22.1 Å². The summed E-state index contributed by atoms with van der Waals surface area (Å²) < 4.78 is 0. The first-order valence-electron chi connectivity index (χ1n) is 6.35. The van der Waals surface area contributed by atoms with Crippen LogP contribution in [0, 0.1) is 11.8 Å². The van der Waals surface area contributed by atoms with Crippen molar-refractivity contribution >= 4 is 17.6 Å². The summed E-state index contributed by atoms with van der Waals surface area (Å²) >= 11 is 0. The molecule has 2 rings (SSSR count). The molecule has 1 amide bonds. The summed E-state index contributed by atoms with van der Waals surface area (Å²) in [6.07, 6.45) is 1.94. The zero-order valence-corrected chi connectivity index (χ0v) is 10.5. The van der Waals surface area contributed by atoms with Gasteiger partial charge in [-0.15, -0.1) is 0 Å². The van der Waals surface area contributed by atoms with Crippen LogP contribution in [-0.2, 0) is 16.2 Å². The second-order valence-electron chi connectivity index (χ2n) is 4.83. The van der Waals surface area contributed by atoms with Gasteiger partial charge in [-0.3, -0.25) is 9.59 Å². The molecule has 1 aliphatic rings. The van der Waals surface area contributed by atoms with Crippen LogP contribution in [0.4, 0.5) is 5.69 Å². The van der Waals surface area contributed by atoms with Crippen molar-refractivity contribution in [1.82, 2.24) is 0 Å². The van der Waals surface area contributed by atoms with Gasteiger partial charge < -0.3 is 15.5 Å². The van der Waals surface area contributed by atoms with Crippen molar-refractivity contribution in [1.29, 1.82) is 0 Å². The van der Waals surface area contributed by atoms with E-state index in [1.807, 2.05) is 0 Å². The van der Waals surface area contributed by atoms with Crippen LogP contribution < -0.4 is 5.32 Å². The molecular weight excluding hydrogens is 246 g/mol. The number of carboxylic acids is 1. The van der Waals surface area contributed by atoms with Crippen molar-refractivity contribution in [3.63, 3.8) is 0 Å². The van der Waals surface area contributed by atoms with Crippen LogP contribution in [0.1, 0.15) is 24.8 Å². The first kappa shape index (κ1) is 13.5. The number of anilines is 1. The van der Waals surface area contributed by atoms with Gasteiger partial charge in [-0.05, 0) is 30.5 Å². The minimum atomic E-state index is -0.901. The molecule has 0 spiro atoms. The van der Waals surface area contributed by atoms with Gasteiger partial charge in [0.15, 0.2) is 0 Å². The second-order valence-corrected chi connectivity index (χ2v) is 4.83. The van der Waals surface area contributed by atoms with Crippen LogP contribution >= 0.6 is 0 Å². The predicted octanol–water partition coefficient (Wildman–Crippen LogP) is 1.62. The molecule has 0 saturated heterocycles. The summed E-state index contributed by atoms with van der Waals surface area (Å²) in [7, 11) is 0. The van der Waals surface area contributed by atoms with Gasteiger partial charge in [0.25, 0.3) is 0 Å². The lowest BCUT2D eigenvalue weighted by molar-refractivity contribution is -0.145. The maximum absolute atomic E-state index is 12.1. The first-order valence-corrected chi connectivity index (χ1v) is 6.35. The Morgan fingerprint density at radius 2 is 2.00 bits per heavy atom. The van der Waals surface area contributed by atoms with Crippen molar-refractivity contribution in [2.75, 3.05) is 5.32 Å². The van der Waals surface area contributed by atoms with Gasteiger partial charge in [-0.2, -0.15) is 0 Å². The zero-order chi connectivity index (χ0) is 13.8. The fourth-order valence-corrected chi connectivity index (χ4v) is 2.55. The maximum atomic E-state index is 12.1. The van der Waals surface area contributed by atoms with Crippen LogP contribution in [0.25, 0.3) is 0 Å². The van der Waals surface area contributed by atoms with Gasteiger partial charge in [0, 0.05) is 5.69 Å². The molecule has 102 valence electrons. The maximum Gasteiger partial charge on any atom is 0.307 e. The molecule has 1 aromatic rings. The van der Waals surface area contributed by atoms with E-state index in [1.54, 1.807) is 24.3 Å². The molecule has 1 saturated carbocycles. The number of aliphatic hydroxyl groups excluding tert-OH is 1. The molecule has 0 aromatic heterocycles. The molecule has 1 aromatic carbocycles. The second kappa shape index (κ2) is 5.84. The number of amides is 1. The molecule has 0 radical (unpaired) electrons. The number of aliphatic hydroxyl groups is 1. The van der Waals surface area contributed by atoms with Gasteiger partial charge in [0.2, 0.25) is 5.91 Å². The van der Waals surface area contributed by atoms with Crippen LogP contribution in [0.15, 0.2) is 24.3 Å². The lowest BCUT2D eigenvalue weighted by Crippen LogP contribution is -2.30. The largest absolute Gasteiger partial charge is 0.481 e. The van der Waals surface area contributed by atoms with E-state index < -0.39 is 17.8 Å². The molecule has 0 heterocycles. The van der Waals surface area contributed by atoms with Crippen molar-refractivity contribution in [3.05, 3.63) is 29.8 Å². The summed E-state index contributed by atoms with van der Waals surface area (Å²) in [5.74, 6) is -2.20. The average molecular weight is 263 g/mol. The normalized spacial score (nSPS) is 22.2. The predicted molar refractivity (Wildman–Crippen MR) is 69.5 cm³/mol. The number of rotatable bonds is 4. The van der Waals surface area contributed by atoms with Gasteiger partial charge in [-0.1, -0.05) is 18.6 Å². The highest BCUT2D eigenvalue weighted by Crippen LogP contribution is 2.32. The third-order valence-corrected chi connectivity index (χ3v) is 3.55. The number of hydrogen-bond donors (Lipinski definition) is 3. The number of aliphatic carboxylic acids is 1. The van der Waals surface area contributed by atoms with Gasteiger partial charge >= 0.3 is 5.97 Å². The van der Waals surface area contributed by atoms with E-state index in [2.05, 4.69) is 5.32 Å². The smallest absolute Gasteiger partial charge is 0.307 e. The number of nitrogens with one attached hydrogen (secondary N) is 1. The first-order chi connectivity index (χ1) is 9.11. The minimum absolute atomic E-state index is 0.0924. The number of carbonyl (C=O) groups is 2. The van der Waals surface area contributed by atoms with E-state index in [-0.39, 0.29) is 12.5 Å². The van der Waals surface area contributed by atoms with Gasteiger partial charge in [-0.25, -0.2) is 0 Å². The number of benzene rings is 1. The van der Waals surface area contributed by atoms with Crippen LogP contribution in [0.5, 0.6) is 0 Å². The monoisotopic (exact) mass is 263 g/mol. The molecule has 1 aliphatic carbocycles. The summed E-state index contributed by atoms with van der Waals surface area (Å²) in [6.45, 7) is -0.0924. The molecular formula is C14H17NO4. The molecule has 0 bridgehead atoms. The quantitative estimate of drug-likeness (QED) is 0.770. The Balaban J connectivity index is 2.06. The number of hydrogen-bond acceptors (Lipinski definition) is 3. The van der Waals surface area contributed by atoms with E-state index >= 15 is 0 Å². The Kier molecular flexibility index (Phi) is 4.16. The number of carbonyl (C=O) groups excluding carboxylic acids is 1. The summed E-state index contributed by atoms with van der Waals surface area (Å²) in [4.78, 5) is 23.1. The fraction of sp³-hybridized carbons (Fsp3) is 0.429. The molecule has 5 heteroatoms. The highest BCUT2D eigenvalue weighted by molar-refractivity contribution is 5.95. The SMILES string of the molecule is O=C(O)[C@H]1CCC[C@H]1C(=O)Nc1cccc(CO)c1. The van der Waals surface area contributed by atoms with Crippen LogP contribution in [0.2, 0.25) is 0 Å². The standard InChI is InChI=1S/C14H17NO4/c16-8-9-3-1-4-10(7-9)15-13(17)11-5-2-6-12(11)14(18)19/h1,3-4,7,11-12,16H,2,5-6,8H2,(H,15,17)(H,18,19)/t11-,12+/m1/s1. The Morgan fingerprint density at radius 3 is 2.68 bits per heavy atom. The molecule has 0 aliphatic heterocycles. The molecule has 1 fully saturated rings. The van der Waals surface area contributed by atoms with Crippen molar-refractivity contribution in [2.24, 2.45) is 11.8 Å². The van der Waals surface area contributed by atoms with Crippen molar-refractivity contribution < 1.29 is 19.8 Å². The lowest BCUT2D eigenvalue weighted by Gasteiger charge is -2.15. The highest BCUT2D eigenvalue weighted by atomic mass is 16.4. The third-order valence-electron chi connectivity index (χ3n) is 3.55. The third kappa shape index (κ3) is 3.12. The Morgan fingerprint density at radius 1 is 1.26 bits per heavy atom. The average Bonchev–Trinajstić information content (AvgIpc) is 2.88. The molecule has 5 nitrogen and oxygen atoms in total. The number of carboxylic acid groups (broad SMARTS) is 1. The molecule has 3 N–H and O–H groups in total. The molecule has 2 atom stereocenters. The molecule has 19 heavy (non-hydrogen) atoms. The molecule has 0 unspecified atom stereocenters. The summed E-state index contributed by atoms with van der Waals surface area (Å²) in [5, 5.41) is 20.8. The highest BCUT2D eigenvalue weighted by Gasteiger charge is 2.37. The van der Waals surface area contributed by atoms with E-state index in [4.69, 9.17) is 10.2 Å². The Hall–Kier alpha value is -1.88. The minimum Gasteiger partial charge on any atom is -0.481 e.